The summed E-state index contributed by atoms with van der Waals surface area (Å²) in [5.41, 5.74) is 1.40. The van der Waals surface area contributed by atoms with Crippen LogP contribution in [0.1, 0.15) is 21.6 Å². The minimum Gasteiger partial charge on any atom is -0.464 e. The van der Waals surface area contributed by atoms with Crippen LogP contribution in [0.25, 0.3) is 0 Å². The molecule has 0 spiro atoms. The van der Waals surface area contributed by atoms with E-state index in [1.165, 1.54) is 12.5 Å². The SMILES string of the molecule is COC(=O)c1csc(NC(=O)[C@H](Cc2ccccc2Cl)[N+]2(C3=C(Cc4ccccc4)OCO3)C(=O)CNC2=O)n1. The number of esters is 1. The second-order valence-electron chi connectivity index (χ2n) is 8.90. The molecular weight excluding hydrogens is 560 g/mol. The van der Waals surface area contributed by atoms with E-state index in [2.05, 4.69) is 20.4 Å². The van der Waals surface area contributed by atoms with E-state index < -0.39 is 34.3 Å². The van der Waals surface area contributed by atoms with Gasteiger partial charge in [0.1, 0.15) is 6.54 Å². The number of methoxy groups -OCH3 is 1. The van der Waals surface area contributed by atoms with E-state index >= 15 is 0 Å². The molecule has 4 amide bonds. The van der Waals surface area contributed by atoms with Gasteiger partial charge in [-0.2, -0.15) is 0 Å². The first-order chi connectivity index (χ1) is 19.3. The molecule has 13 heteroatoms. The fourth-order valence-corrected chi connectivity index (χ4v) is 5.57. The first-order valence-corrected chi connectivity index (χ1v) is 13.4. The zero-order chi connectivity index (χ0) is 28.3. The van der Waals surface area contributed by atoms with Crippen LogP contribution in [0.3, 0.4) is 0 Å². The average Bonchev–Trinajstić information content (AvgIpc) is 3.69. The Morgan fingerprint density at radius 1 is 1.15 bits per heavy atom. The molecule has 0 aliphatic carbocycles. The molecule has 206 valence electrons. The quantitative estimate of drug-likeness (QED) is 0.222. The van der Waals surface area contributed by atoms with Gasteiger partial charge in [0.15, 0.2) is 16.9 Å². The number of urea groups is 1. The van der Waals surface area contributed by atoms with Crippen molar-refractivity contribution in [3.05, 3.63) is 93.5 Å². The number of imide groups is 1. The first kappa shape index (κ1) is 27.3. The van der Waals surface area contributed by atoms with Crippen LogP contribution in [-0.2, 0) is 36.6 Å². The van der Waals surface area contributed by atoms with Crippen LogP contribution >= 0.6 is 22.9 Å². The van der Waals surface area contributed by atoms with E-state index in [4.69, 9.17) is 21.1 Å². The van der Waals surface area contributed by atoms with Gasteiger partial charge in [-0.05, 0) is 17.2 Å². The molecule has 0 bridgehead atoms. The number of rotatable bonds is 9. The van der Waals surface area contributed by atoms with Gasteiger partial charge >= 0.3 is 23.8 Å². The molecule has 2 aromatic carbocycles. The molecule has 1 aromatic heterocycles. The highest BCUT2D eigenvalue weighted by atomic mass is 35.5. The van der Waals surface area contributed by atoms with Gasteiger partial charge < -0.3 is 14.2 Å². The van der Waals surface area contributed by atoms with E-state index in [1.807, 2.05) is 30.3 Å². The van der Waals surface area contributed by atoms with Crippen molar-refractivity contribution in [3.8, 4) is 0 Å². The lowest BCUT2D eigenvalue weighted by Gasteiger charge is -2.33. The Kier molecular flexibility index (Phi) is 7.83. The molecule has 2 atom stereocenters. The molecule has 1 fully saturated rings. The topological polar surface area (TPSA) is 133 Å². The molecule has 0 radical (unpaired) electrons. The molecule has 40 heavy (non-hydrogen) atoms. The molecular formula is C27H24ClN4O7S+. The Balaban J connectivity index is 1.61. The van der Waals surface area contributed by atoms with Gasteiger partial charge in [-0.3, -0.25) is 15.4 Å². The molecule has 2 aliphatic heterocycles. The van der Waals surface area contributed by atoms with Crippen molar-refractivity contribution < 1.29 is 37.9 Å². The van der Waals surface area contributed by atoms with Crippen LogP contribution < -0.4 is 10.6 Å². The number of quaternary nitrogens is 1. The number of carbonyl (C=O) groups excluding carboxylic acids is 4. The number of amides is 4. The number of aromatic nitrogens is 1. The summed E-state index contributed by atoms with van der Waals surface area (Å²) in [6, 6.07) is 14.0. The normalized spacial score (nSPS) is 19.1. The zero-order valence-electron chi connectivity index (χ0n) is 21.2. The third kappa shape index (κ3) is 5.04. The highest BCUT2D eigenvalue weighted by Crippen LogP contribution is 2.38. The number of hydrogen-bond acceptors (Lipinski definition) is 9. The second kappa shape index (κ2) is 11.5. The Bertz CT molecular complexity index is 1490. The highest BCUT2D eigenvalue weighted by Gasteiger charge is 2.65. The standard InChI is InChI=1S/C27H23ClN4O7S/c1-37-25(35)19-14-40-26(30-19)31-23(34)20(12-17-9-5-6-10-18(17)28)32(22(33)13-29-27(32)36)24-21(38-15-39-24)11-16-7-3-2-4-8-16/h2-10,14,20H,11-13,15H2,1H3,(H-,29,30,31,34,36)/p+1/t20-,32?/m0/s1. The molecule has 0 saturated carbocycles. The van der Waals surface area contributed by atoms with Gasteiger partial charge in [0.05, 0.1) is 7.11 Å². The highest BCUT2D eigenvalue weighted by molar-refractivity contribution is 7.14. The minimum atomic E-state index is -1.37. The number of benzene rings is 2. The Hall–Kier alpha value is -4.26. The third-order valence-corrected chi connectivity index (χ3v) is 7.70. The van der Waals surface area contributed by atoms with Crippen molar-refractivity contribution in [3.63, 3.8) is 0 Å². The van der Waals surface area contributed by atoms with Crippen LogP contribution in [0.2, 0.25) is 5.02 Å². The Morgan fingerprint density at radius 3 is 2.60 bits per heavy atom. The van der Waals surface area contributed by atoms with Gasteiger partial charge in [-0.1, -0.05) is 64.6 Å². The van der Waals surface area contributed by atoms with E-state index in [9.17, 15) is 19.2 Å². The largest absolute Gasteiger partial charge is 0.464 e. The van der Waals surface area contributed by atoms with Crippen molar-refractivity contribution in [1.82, 2.24) is 10.3 Å². The number of ether oxygens (including phenoxy) is 3. The zero-order valence-corrected chi connectivity index (χ0v) is 22.8. The molecule has 11 nitrogen and oxygen atoms in total. The Labute approximate surface area is 237 Å². The number of hydrogen-bond donors (Lipinski definition) is 2. The molecule has 5 rings (SSSR count). The number of allylic oxidation sites excluding steroid dienone is 1. The number of nitrogens with one attached hydrogen (secondary N) is 2. The maximum Gasteiger partial charge on any atom is 0.433 e. The summed E-state index contributed by atoms with van der Waals surface area (Å²) in [5, 5.41) is 7.11. The fourth-order valence-electron chi connectivity index (χ4n) is 4.68. The van der Waals surface area contributed by atoms with Gasteiger partial charge in [0.2, 0.25) is 12.6 Å². The molecule has 1 unspecified atom stereocenters. The number of anilines is 1. The van der Waals surface area contributed by atoms with Crippen LogP contribution in [-0.4, -0.2) is 59.8 Å². The maximum absolute atomic E-state index is 14.0. The van der Waals surface area contributed by atoms with E-state index in [0.717, 1.165) is 16.9 Å². The van der Waals surface area contributed by atoms with Gasteiger partial charge in [0.25, 0.3) is 5.91 Å². The molecule has 2 N–H and O–H groups in total. The van der Waals surface area contributed by atoms with Crippen molar-refractivity contribution >= 4 is 51.9 Å². The van der Waals surface area contributed by atoms with E-state index in [0.29, 0.717) is 10.6 Å². The summed E-state index contributed by atoms with van der Waals surface area (Å²) >= 11 is 7.45. The maximum atomic E-state index is 14.0. The van der Waals surface area contributed by atoms with Crippen LogP contribution in [0.15, 0.2) is 71.6 Å². The summed E-state index contributed by atoms with van der Waals surface area (Å²) in [5.74, 6) is -1.79. The monoisotopic (exact) mass is 583 g/mol. The van der Waals surface area contributed by atoms with Crippen LogP contribution in [0.4, 0.5) is 9.93 Å². The van der Waals surface area contributed by atoms with E-state index in [-0.39, 0.29) is 48.6 Å². The third-order valence-electron chi connectivity index (χ3n) is 6.57. The number of carbonyl (C=O) groups is 4. The summed E-state index contributed by atoms with van der Waals surface area (Å²) < 4.78 is 15.2. The summed E-state index contributed by atoms with van der Waals surface area (Å²) in [6.45, 7) is -0.548. The van der Waals surface area contributed by atoms with Crippen molar-refractivity contribution in [2.75, 3.05) is 25.8 Å². The molecule has 3 heterocycles. The summed E-state index contributed by atoms with van der Waals surface area (Å²) in [6.07, 6.45) is 0.123. The molecule has 3 aromatic rings. The van der Waals surface area contributed by atoms with Crippen molar-refractivity contribution in [2.24, 2.45) is 0 Å². The second-order valence-corrected chi connectivity index (χ2v) is 10.2. The lowest BCUT2D eigenvalue weighted by Crippen LogP contribution is -2.64. The Morgan fingerprint density at radius 2 is 1.90 bits per heavy atom. The lowest BCUT2D eigenvalue weighted by atomic mass is 10.0. The number of thiazole rings is 1. The minimum absolute atomic E-state index is 0.00437. The summed E-state index contributed by atoms with van der Waals surface area (Å²) in [7, 11) is 1.22. The lowest BCUT2D eigenvalue weighted by molar-refractivity contribution is -0.763. The summed E-state index contributed by atoms with van der Waals surface area (Å²) in [4.78, 5) is 57.4. The number of nitrogens with zero attached hydrogens (tertiary/aromatic N) is 2. The first-order valence-electron chi connectivity index (χ1n) is 12.2. The predicted molar refractivity (Wildman–Crippen MR) is 144 cm³/mol. The van der Waals surface area contributed by atoms with Gasteiger partial charge in [-0.25, -0.2) is 19.4 Å². The number of halogens is 1. The van der Waals surface area contributed by atoms with Crippen molar-refractivity contribution in [1.29, 1.82) is 0 Å². The molecule has 1 saturated heterocycles. The average molecular weight is 584 g/mol. The van der Waals surface area contributed by atoms with Crippen molar-refractivity contribution in [2.45, 2.75) is 18.9 Å². The molecule has 2 aliphatic rings. The van der Waals surface area contributed by atoms with Crippen LogP contribution in [0, 0.1) is 0 Å². The smallest absolute Gasteiger partial charge is 0.433 e. The van der Waals surface area contributed by atoms with Gasteiger partial charge in [0, 0.05) is 23.2 Å². The fraction of sp³-hybridized carbons (Fsp3) is 0.222. The predicted octanol–water partition coefficient (Wildman–Crippen LogP) is 3.62. The van der Waals surface area contributed by atoms with Gasteiger partial charge in [-0.15, -0.1) is 11.3 Å². The van der Waals surface area contributed by atoms with Crippen LogP contribution in [0.5, 0.6) is 0 Å². The van der Waals surface area contributed by atoms with E-state index in [1.54, 1.807) is 24.3 Å².